The van der Waals surface area contributed by atoms with Crippen molar-refractivity contribution in [3.63, 3.8) is 0 Å². The molecule has 2 nitrogen and oxygen atoms in total. The van der Waals surface area contributed by atoms with Gasteiger partial charge in [-0.05, 0) is 0 Å². The minimum Gasteiger partial charge on any atom is -0.677 e. The van der Waals surface area contributed by atoms with E-state index in [-0.39, 0.29) is 26.2 Å². The van der Waals surface area contributed by atoms with E-state index < -0.39 is 0 Å². The van der Waals surface area contributed by atoms with Crippen LogP contribution in [0.15, 0.2) is 24.3 Å². The minimum absolute atomic E-state index is 0. The van der Waals surface area contributed by atoms with Gasteiger partial charge in [-0.15, -0.1) is 18.1 Å². The fourth-order valence-corrected chi connectivity index (χ4v) is 0.478. The Morgan fingerprint density at radius 3 is 1.53 bits per heavy atom. The Hall–Kier alpha value is 0.500. The van der Waals surface area contributed by atoms with E-state index in [1.54, 1.807) is 14.1 Å². The Labute approximate surface area is 130 Å². The summed E-state index contributed by atoms with van der Waals surface area (Å²) in [5.74, 6) is 0.435. The smallest absolute Gasteiger partial charge is 0.677 e. The summed E-state index contributed by atoms with van der Waals surface area (Å²) in [7, 11) is 4.25. The Bertz CT molecular complexity index is 134. The number of hydrogen-bond donors (Lipinski definition) is 0. The molecule has 0 bridgehead atoms. The molecule has 0 fully saturated rings. The standard InChI is InChI=1S/C6H7.C3H8N.C2H6N.C2H7Si.Zr/c1-6-4-2-3-5-6;1-2-3-4;2*1-3-2;/h2-6H,1H2;4H,2-3H2,1H3;1-2H3;3H,1-2H3;/q3*-1;;+3. The zero-order valence-corrected chi connectivity index (χ0v) is 15.6. The van der Waals surface area contributed by atoms with E-state index in [1.807, 2.05) is 19.1 Å². The summed E-state index contributed by atoms with van der Waals surface area (Å²) in [5.41, 5.74) is 6.45. The normalized spacial score (nSPS) is 11.0. The van der Waals surface area contributed by atoms with E-state index >= 15 is 0 Å². The monoisotopic (exact) mass is 330 g/mol. The largest absolute Gasteiger partial charge is 3.00 e. The topological polar surface area (TPSA) is 37.9 Å². The molecule has 0 aromatic rings. The van der Waals surface area contributed by atoms with Gasteiger partial charge in [0.2, 0.25) is 0 Å². The van der Waals surface area contributed by atoms with Crippen LogP contribution >= 0.6 is 0 Å². The van der Waals surface area contributed by atoms with Gasteiger partial charge in [-0.25, -0.2) is 0 Å². The average Bonchev–Trinajstić information content (AvgIpc) is 2.72. The molecule has 2 radical (unpaired) electrons. The van der Waals surface area contributed by atoms with Crippen molar-refractivity contribution in [1.82, 2.24) is 0 Å². The van der Waals surface area contributed by atoms with Gasteiger partial charge >= 0.3 is 26.2 Å². The molecule has 1 N–H and O–H groups in total. The van der Waals surface area contributed by atoms with Crippen LogP contribution in [0.4, 0.5) is 0 Å². The number of rotatable bonds is 1. The van der Waals surface area contributed by atoms with Gasteiger partial charge in [-0.1, -0.05) is 38.6 Å². The van der Waals surface area contributed by atoms with E-state index in [4.69, 9.17) is 5.73 Å². The second-order valence-electron chi connectivity index (χ2n) is 3.21. The molecule has 0 spiro atoms. The van der Waals surface area contributed by atoms with Crippen molar-refractivity contribution >= 4 is 9.52 Å². The number of nitrogens with zero attached hydrogens (tertiary/aromatic N) is 1. The van der Waals surface area contributed by atoms with Gasteiger partial charge in [-0.2, -0.15) is 20.6 Å². The van der Waals surface area contributed by atoms with E-state index in [0.717, 1.165) is 15.9 Å². The molecular weight excluding hydrogens is 303 g/mol. The Kier molecular flexibility index (Phi) is 46.1. The van der Waals surface area contributed by atoms with Crippen LogP contribution in [0, 0.1) is 12.8 Å². The molecule has 0 unspecified atom stereocenters. The van der Waals surface area contributed by atoms with Crippen LogP contribution in [0.5, 0.6) is 0 Å². The molecule has 0 aromatic carbocycles. The zero-order valence-electron chi connectivity index (χ0n) is 12.0. The van der Waals surface area contributed by atoms with Crippen LogP contribution in [-0.2, 0) is 26.2 Å². The third kappa shape index (κ3) is 48.0. The molecule has 1 rings (SSSR count). The van der Waals surface area contributed by atoms with Crippen LogP contribution in [0.2, 0.25) is 13.1 Å². The SMILES string of the molecule is CCC[NH-].C[N-]C.C[SiH]C.[CH2-]C1C=CC=C1.[Zr+3]. The molecule has 0 aromatic heterocycles. The van der Waals surface area contributed by atoms with Crippen molar-refractivity contribution in [1.29, 1.82) is 0 Å². The fourth-order valence-electron chi connectivity index (χ4n) is 0.478. The van der Waals surface area contributed by atoms with E-state index in [9.17, 15) is 0 Å². The Balaban J connectivity index is -0.0000000690. The van der Waals surface area contributed by atoms with Crippen molar-refractivity contribution < 1.29 is 26.2 Å². The van der Waals surface area contributed by atoms with E-state index in [1.165, 1.54) is 0 Å². The first-order valence-corrected chi connectivity index (χ1v) is 7.99. The molecule has 0 heterocycles. The molecule has 0 aliphatic heterocycles. The van der Waals surface area contributed by atoms with Crippen LogP contribution in [-0.4, -0.2) is 30.2 Å². The third-order valence-corrected chi connectivity index (χ3v) is 1.08. The maximum atomic E-state index is 6.45. The molecule has 4 heteroatoms. The van der Waals surface area contributed by atoms with Crippen LogP contribution in [0.1, 0.15) is 13.3 Å². The van der Waals surface area contributed by atoms with Gasteiger partial charge in [0.15, 0.2) is 0 Å². The first-order chi connectivity index (χ1) is 7.64. The van der Waals surface area contributed by atoms with Gasteiger partial charge in [-0.3, -0.25) is 0 Å². The van der Waals surface area contributed by atoms with Crippen molar-refractivity contribution in [2.75, 3.05) is 20.6 Å². The molecule has 17 heavy (non-hydrogen) atoms. The quantitative estimate of drug-likeness (QED) is 0.511. The molecule has 1 aliphatic carbocycles. The number of allylic oxidation sites excluding steroid dienone is 4. The second-order valence-corrected chi connectivity index (χ2v) is 4.36. The summed E-state index contributed by atoms with van der Waals surface area (Å²) in [4.78, 5) is 0. The van der Waals surface area contributed by atoms with Crippen LogP contribution in [0.25, 0.3) is 11.1 Å². The van der Waals surface area contributed by atoms with Crippen molar-refractivity contribution in [3.8, 4) is 0 Å². The second kappa shape index (κ2) is 30.0. The average molecular weight is 332 g/mol. The maximum Gasteiger partial charge on any atom is 3.00 e. The summed E-state index contributed by atoms with van der Waals surface area (Å²) in [5, 5.41) is 3.50. The van der Waals surface area contributed by atoms with Crippen molar-refractivity contribution in [2.45, 2.75) is 26.4 Å². The van der Waals surface area contributed by atoms with Crippen molar-refractivity contribution in [2.24, 2.45) is 5.92 Å². The molecule has 0 atom stereocenters. The first kappa shape index (κ1) is 26.1. The third-order valence-electron chi connectivity index (χ3n) is 1.08. The molecule has 1 aliphatic rings. The van der Waals surface area contributed by atoms with E-state index in [0.29, 0.717) is 12.5 Å². The predicted octanol–water partition coefficient (Wildman–Crippen LogP) is 4.15. The zero-order chi connectivity index (χ0) is 13.2. The summed E-state index contributed by atoms with van der Waals surface area (Å²) in [6.45, 7) is 10.7. The molecule has 0 amide bonds. The van der Waals surface area contributed by atoms with Gasteiger partial charge in [0.05, 0.1) is 0 Å². The molecule has 0 saturated carbocycles. The van der Waals surface area contributed by atoms with Gasteiger partial charge in [0.25, 0.3) is 0 Å². The van der Waals surface area contributed by atoms with Crippen molar-refractivity contribution in [3.05, 3.63) is 42.3 Å². The van der Waals surface area contributed by atoms with E-state index in [2.05, 4.69) is 37.5 Å². The number of nitrogens with one attached hydrogen (secondary N) is 1. The summed E-state index contributed by atoms with van der Waals surface area (Å²) >= 11 is 0. The molecule has 0 saturated heterocycles. The summed E-state index contributed by atoms with van der Waals surface area (Å²) in [6, 6.07) is 0. The molecule has 98 valence electrons. The molecular formula is C13H28N2SiZr. The van der Waals surface area contributed by atoms with Gasteiger partial charge < -0.3 is 18.0 Å². The summed E-state index contributed by atoms with van der Waals surface area (Å²) in [6.07, 6.45) is 9.12. The van der Waals surface area contributed by atoms with Crippen LogP contribution < -0.4 is 0 Å². The number of hydrogen-bond acceptors (Lipinski definition) is 0. The summed E-state index contributed by atoms with van der Waals surface area (Å²) < 4.78 is 0. The fraction of sp³-hybridized carbons (Fsp3) is 0.615. The minimum atomic E-state index is 0. The Morgan fingerprint density at radius 2 is 1.47 bits per heavy atom. The van der Waals surface area contributed by atoms with Crippen LogP contribution in [0.3, 0.4) is 0 Å². The van der Waals surface area contributed by atoms with Gasteiger partial charge in [0.1, 0.15) is 0 Å². The maximum absolute atomic E-state index is 6.45. The predicted molar refractivity (Wildman–Crippen MR) is 80.7 cm³/mol. The van der Waals surface area contributed by atoms with Gasteiger partial charge in [0, 0.05) is 9.52 Å². The first-order valence-electron chi connectivity index (χ1n) is 5.68. The Morgan fingerprint density at radius 1 is 1.24 bits per heavy atom.